The number of nitrogens with zero attached hydrogens (tertiary/aromatic N) is 2. The smallest absolute Gasteiger partial charge is 0.264 e. The normalized spacial score (nSPS) is 15.4. The number of hydrogen-bond donors (Lipinski definition) is 0. The first-order valence-electron chi connectivity index (χ1n) is 10.1. The molecule has 1 amide bonds. The minimum Gasteiger partial charge on any atom is -0.305 e. The summed E-state index contributed by atoms with van der Waals surface area (Å²) >= 11 is 0. The molecule has 1 aliphatic rings. The van der Waals surface area contributed by atoms with Crippen molar-refractivity contribution in [3.05, 3.63) is 103 Å². The van der Waals surface area contributed by atoms with E-state index >= 15 is 0 Å². The molecule has 0 saturated heterocycles. The van der Waals surface area contributed by atoms with E-state index in [1.165, 1.54) is 4.31 Å². The first kappa shape index (κ1) is 20.9. The summed E-state index contributed by atoms with van der Waals surface area (Å²) in [4.78, 5) is 15.2. The van der Waals surface area contributed by atoms with Crippen LogP contribution in [0.25, 0.3) is 0 Å². The molecule has 1 atom stereocenters. The van der Waals surface area contributed by atoms with E-state index in [2.05, 4.69) is 6.58 Å². The quantitative estimate of drug-likeness (QED) is 0.533. The van der Waals surface area contributed by atoms with Gasteiger partial charge < -0.3 is 4.90 Å². The van der Waals surface area contributed by atoms with Crippen LogP contribution in [-0.2, 0) is 16.4 Å². The Balaban J connectivity index is 1.64. The van der Waals surface area contributed by atoms with Gasteiger partial charge in [0.25, 0.3) is 15.9 Å². The Morgan fingerprint density at radius 1 is 1.03 bits per heavy atom. The molecule has 0 bridgehead atoms. The van der Waals surface area contributed by atoms with Crippen LogP contribution in [0.3, 0.4) is 0 Å². The van der Waals surface area contributed by atoms with Crippen LogP contribution in [-0.4, -0.2) is 26.9 Å². The summed E-state index contributed by atoms with van der Waals surface area (Å²) in [6.07, 6.45) is 2.37. The zero-order valence-corrected chi connectivity index (χ0v) is 18.1. The van der Waals surface area contributed by atoms with Gasteiger partial charge in [0, 0.05) is 17.3 Å². The second-order valence-corrected chi connectivity index (χ2v) is 9.40. The highest BCUT2D eigenvalue weighted by atomic mass is 32.2. The number of hydrogen-bond acceptors (Lipinski definition) is 3. The van der Waals surface area contributed by atoms with Gasteiger partial charge in [-0.3, -0.25) is 9.10 Å². The van der Waals surface area contributed by atoms with Gasteiger partial charge in [0.05, 0.1) is 17.1 Å². The predicted octanol–water partition coefficient (Wildman–Crippen LogP) is 4.66. The zero-order chi connectivity index (χ0) is 22.0. The Morgan fingerprint density at radius 2 is 1.68 bits per heavy atom. The predicted molar refractivity (Wildman–Crippen MR) is 124 cm³/mol. The average molecular weight is 433 g/mol. The molecule has 0 N–H and O–H groups in total. The molecule has 0 aliphatic carbocycles. The molecular formula is C25H24N2O3S. The Bertz CT molecular complexity index is 1210. The van der Waals surface area contributed by atoms with Crippen molar-refractivity contribution in [1.29, 1.82) is 0 Å². The van der Waals surface area contributed by atoms with Crippen LogP contribution in [0.5, 0.6) is 0 Å². The lowest BCUT2D eigenvalue weighted by Gasteiger charge is -2.25. The molecule has 0 radical (unpaired) electrons. The van der Waals surface area contributed by atoms with Crippen LogP contribution in [0, 0.1) is 0 Å². The van der Waals surface area contributed by atoms with Gasteiger partial charge in [-0.25, -0.2) is 8.42 Å². The first-order valence-corrected chi connectivity index (χ1v) is 11.6. The maximum absolute atomic E-state index is 13.2. The molecule has 1 aliphatic heterocycles. The molecule has 5 nitrogen and oxygen atoms in total. The second-order valence-electron chi connectivity index (χ2n) is 7.54. The molecule has 31 heavy (non-hydrogen) atoms. The molecule has 0 saturated carbocycles. The molecule has 158 valence electrons. The fraction of sp³-hybridized carbons (Fsp3) is 0.160. The van der Waals surface area contributed by atoms with Crippen molar-refractivity contribution in [3.8, 4) is 0 Å². The van der Waals surface area contributed by atoms with Gasteiger partial charge >= 0.3 is 0 Å². The number of anilines is 2. The number of carbonyl (C=O) groups excluding carboxylic acids is 1. The fourth-order valence-corrected chi connectivity index (χ4v) is 5.42. The van der Waals surface area contributed by atoms with Crippen molar-refractivity contribution < 1.29 is 13.2 Å². The molecule has 0 fully saturated rings. The molecular weight excluding hydrogens is 408 g/mol. The van der Waals surface area contributed by atoms with Crippen LogP contribution >= 0.6 is 0 Å². The lowest BCUT2D eigenvalue weighted by molar-refractivity contribution is 0.0981. The molecule has 0 aromatic heterocycles. The van der Waals surface area contributed by atoms with E-state index in [-0.39, 0.29) is 23.4 Å². The highest BCUT2D eigenvalue weighted by molar-refractivity contribution is 7.92. The van der Waals surface area contributed by atoms with Crippen molar-refractivity contribution in [3.63, 3.8) is 0 Å². The number of fused-ring (bicyclic) bond motifs is 1. The van der Waals surface area contributed by atoms with E-state index in [1.807, 2.05) is 36.1 Å². The van der Waals surface area contributed by atoms with Gasteiger partial charge in [-0.15, -0.1) is 6.58 Å². The number of sulfonamides is 1. The molecule has 4 rings (SSSR count). The van der Waals surface area contributed by atoms with E-state index in [0.717, 1.165) is 17.7 Å². The van der Waals surface area contributed by atoms with E-state index in [1.54, 1.807) is 60.7 Å². The highest BCUT2D eigenvalue weighted by Gasteiger charge is 2.31. The minimum absolute atomic E-state index is 0.0697. The molecule has 3 aromatic carbocycles. The monoisotopic (exact) mass is 432 g/mol. The summed E-state index contributed by atoms with van der Waals surface area (Å²) in [6.45, 7) is 5.85. The summed E-state index contributed by atoms with van der Waals surface area (Å²) in [5, 5.41) is 0. The van der Waals surface area contributed by atoms with Gasteiger partial charge in [0.2, 0.25) is 0 Å². The lowest BCUT2D eigenvalue weighted by atomic mass is 10.1. The lowest BCUT2D eigenvalue weighted by Crippen LogP contribution is -2.35. The van der Waals surface area contributed by atoms with E-state index < -0.39 is 10.0 Å². The molecule has 0 unspecified atom stereocenters. The summed E-state index contributed by atoms with van der Waals surface area (Å²) in [5.74, 6) is -0.0924. The van der Waals surface area contributed by atoms with Crippen molar-refractivity contribution in [2.45, 2.75) is 24.3 Å². The molecule has 0 spiro atoms. The number of benzene rings is 3. The number of amides is 1. The molecule has 6 heteroatoms. The third-order valence-electron chi connectivity index (χ3n) is 5.45. The van der Waals surface area contributed by atoms with Gasteiger partial charge in [-0.1, -0.05) is 42.5 Å². The molecule has 3 aromatic rings. The summed E-state index contributed by atoms with van der Waals surface area (Å²) in [6, 6.07) is 23.0. The maximum Gasteiger partial charge on any atom is 0.264 e. The summed E-state index contributed by atoms with van der Waals surface area (Å²) in [5.41, 5.74) is 3.09. The van der Waals surface area contributed by atoms with Gasteiger partial charge in [-0.2, -0.15) is 0 Å². The highest BCUT2D eigenvalue weighted by Crippen LogP contribution is 2.33. The maximum atomic E-state index is 13.2. The van der Waals surface area contributed by atoms with Crippen molar-refractivity contribution in [2.75, 3.05) is 15.7 Å². The van der Waals surface area contributed by atoms with Crippen molar-refractivity contribution in [2.24, 2.45) is 0 Å². The Kier molecular flexibility index (Phi) is 5.65. The largest absolute Gasteiger partial charge is 0.305 e. The van der Waals surface area contributed by atoms with Gasteiger partial charge in [-0.05, 0) is 61.4 Å². The third kappa shape index (κ3) is 3.86. The van der Waals surface area contributed by atoms with Crippen LogP contribution in [0.15, 0.2) is 96.4 Å². The summed E-state index contributed by atoms with van der Waals surface area (Å²) in [7, 11) is -3.75. The Morgan fingerprint density at radius 3 is 2.35 bits per heavy atom. The topological polar surface area (TPSA) is 57.7 Å². The first-order chi connectivity index (χ1) is 14.9. The second kappa shape index (κ2) is 8.40. The number of carbonyl (C=O) groups is 1. The van der Waals surface area contributed by atoms with Crippen LogP contribution in [0.1, 0.15) is 22.8 Å². The van der Waals surface area contributed by atoms with Crippen LogP contribution < -0.4 is 9.21 Å². The van der Waals surface area contributed by atoms with Crippen LogP contribution in [0.2, 0.25) is 0 Å². The average Bonchev–Trinajstić information content (AvgIpc) is 3.13. The van der Waals surface area contributed by atoms with Gasteiger partial charge in [0.1, 0.15) is 0 Å². The Hall–Kier alpha value is -3.38. The van der Waals surface area contributed by atoms with E-state index in [9.17, 15) is 13.2 Å². The van der Waals surface area contributed by atoms with Gasteiger partial charge in [0.15, 0.2) is 0 Å². The zero-order valence-electron chi connectivity index (χ0n) is 17.3. The number of para-hydroxylation sites is 1. The fourth-order valence-electron chi connectivity index (χ4n) is 3.96. The number of rotatable bonds is 6. The van der Waals surface area contributed by atoms with Crippen LogP contribution in [0.4, 0.5) is 11.4 Å². The Labute approximate surface area is 183 Å². The SMILES string of the molecule is C=CCN(c1ccc(C(=O)N2c3ccccc3C[C@H]2C)cc1)S(=O)(=O)c1ccccc1. The van der Waals surface area contributed by atoms with Crippen molar-refractivity contribution in [1.82, 2.24) is 0 Å². The standard InChI is InChI=1S/C25H24N2O3S/c1-3-17-26(31(29,30)23-10-5-4-6-11-23)22-15-13-20(14-16-22)25(28)27-19(2)18-21-9-7-8-12-24(21)27/h3-16,19H,1,17-18H2,2H3/t19-/m1/s1. The minimum atomic E-state index is -3.75. The third-order valence-corrected chi connectivity index (χ3v) is 7.26. The van der Waals surface area contributed by atoms with Crippen molar-refractivity contribution >= 4 is 27.3 Å². The van der Waals surface area contributed by atoms with E-state index in [0.29, 0.717) is 11.3 Å². The van der Waals surface area contributed by atoms with E-state index in [4.69, 9.17) is 0 Å². The summed E-state index contributed by atoms with van der Waals surface area (Å²) < 4.78 is 27.6. The molecule has 1 heterocycles.